The Labute approximate surface area is 99.1 Å². The van der Waals surface area contributed by atoms with E-state index in [4.69, 9.17) is 11.6 Å². The van der Waals surface area contributed by atoms with Gasteiger partial charge in [0, 0.05) is 17.5 Å². The molecule has 1 N–H and O–H groups in total. The number of hydrogen-bond acceptors (Lipinski definition) is 2. The van der Waals surface area contributed by atoms with Gasteiger partial charge in [0.15, 0.2) is 0 Å². The van der Waals surface area contributed by atoms with Crippen LogP contribution in [0.4, 0.5) is 0 Å². The lowest BCUT2D eigenvalue weighted by Crippen LogP contribution is -2.47. The fraction of sp³-hybridized carbons (Fsp3) is 0.500. The molecule has 1 aromatic rings. The molecule has 1 aromatic heterocycles. The highest BCUT2D eigenvalue weighted by Crippen LogP contribution is 2.42. The van der Waals surface area contributed by atoms with Gasteiger partial charge in [-0.2, -0.15) is 0 Å². The molecule has 80 valence electrons. The van der Waals surface area contributed by atoms with Crippen LogP contribution in [0.15, 0.2) is 24.3 Å². The van der Waals surface area contributed by atoms with Gasteiger partial charge in [0.05, 0.1) is 4.34 Å². The van der Waals surface area contributed by atoms with Crippen LogP contribution in [0.1, 0.15) is 17.7 Å². The second-order valence-electron chi connectivity index (χ2n) is 4.43. The molecule has 3 rings (SSSR count). The first kappa shape index (κ1) is 9.88. The zero-order valence-corrected chi connectivity index (χ0v) is 10.0. The summed E-state index contributed by atoms with van der Waals surface area (Å²) in [5, 5.41) is 3.62. The van der Waals surface area contributed by atoms with Crippen LogP contribution < -0.4 is 5.32 Å². The van der Waals surface area contributed by atoms with Gasteiger partial charge in [-0.05, 0) is 36.8 Å². The van der Waals surface area contributed by atoms with Crippen molar-refractivity contribution in [3.8, 4) is 0 Å². The van der Waals surface area contributed by atoms with Crippen molar-refractivity contribution in [2.45, 2.75) is 25.4 Å². The molecule has 3 atom stereocenters. The van der Waals surface area contributed by atoms with Gasteiger partial charge in [0.25, 0.3) is 0 Å². The molecule has 0 amide bonds. The molecule has 0 saturated heterocycles. The third-order valence-corrected chi connectivity index (χ3v) is 4.76. The monoisotopic (exact) mass is 239 g/mol. The molecule has 1 heterocycles. The number of allylic oxidation sites excluding steroid dienone is 1. The van der Waals surface area contributed by atoms with E-state index in [1.54, 1.807) is 11.3 Å². The molecule has 0 spiro atoms. The number of hydrogen-bond donors (Lipinski definition) is 1. The molecule has 0 radical (unpaired) electrons. The number of rotatable bonds is 3. The van der Waals surface area contributed by atoms with Crippen molar-refractivity contribution in [2.24, 2.45) is 11.8 Å². The Morgan fingerprint density at radius 2 is 2.40 bits per heavy atom. The average Bonchev–Trinajstić information content (AvgIpc) is 2.75. The van der Waals surface area contributed by atoms with E-state index in [2.05, 4.69) is 23.5 Å². The summed E-state index contributed by atoms with van der Waals surface area (Å²) in [5.41, 5.74) is 0. The first-order valence-corrected chi connectivity index (χ1v) is 6.66. The number of nitrogens with one attached hydrogen (secondary N) is 1. The zero-order chi connectivity index (χ0) is 10.3. The van der Waals surface area contributed by atoms with Gasteiger partial charge in [-0.15, -0.1) is 11.3 Å². The van der Waals surface area contributed by atoms with E-state index in [0.29, 0.717) is 6.04 Å². The maximum absolute atomic E-state index is 5.89. The predicted molar refractivity (Wildman–Crippen MR) is 65.3 cm³/mol. The fourth-order valence-electron chi connectivity index (χ4n) is 2.63. The Morgan fingerprint density at radius 1 is 1.47 bits per heavy atom. The van der Waals surface area contributed by atoms with Crippen molar-refractivity contribution in [3.05, 3.63) is 33.5 Å². The van der Waals surface area contributed by atoms with Crippen LogP contribution >= 0.6 is 22.9 Å². The van der Waals surface area contributed by atoms with Crippen LogP contribution in [0.25, 0.3) is 0 Å². The summed E-state index contributed by atoms with van der Waals surface area (Å²) in [6.45, 7) is 0.971. The van der Waals surface area contributed by atoms with Gasteiger partial charge in [-0.25, -0.2) is 0 Å². The van der Waals surface area contributed by atoms with Crippen LogP contribution in [0, 0.1) is 11.8 Å². The van der Waals surface area contributed by atoms with E-state index in [1.807, 2.05) is 6.07 Å². The molecule has 3 unspecified atom stereocenters. The van der Waals surface area contributed by atoms with Crippen molar-refractivity contribution in [1.82, 2.24) is 5.32 Å². The lowest BCUT2D eigenvalue weighted by atomic mass is 9.71. The minimum atomic E-state index is 0.703. The average molecular weight is 240 g/mol. The van der Waals surface area contributed by atoms with Crippen molar-refractivity contribution in [1.29, 1.82) is 0 Å². The first-order valence-electron chi connectivity index (χ1n) is 5.47. The third-order valence-electron chi connectivity index (χ3n) is 3.53. The van der Waals surface area contributed by atoms with Crippen LogP contribution in [-0.2, 0) is 6.54 Å². The summed E-state index contributed by atoms with van der Waals surface area (Å²) in [5.74, 6) is 1.75. The highest BCUT2D eigenvalue weighted by atomic mass is 35.5. The minimum Gasteiger partial charge on any atom is -0.308 e. The van der Waals surface area contributed by atoms with E-state index in [1.165, 1.54) is 17.7 Å². The standard InChI is InChI=1S/C12H14ClNS/c13-12-5-4-9(15-12)7-14-11-6-8-2-1-3-10(8)11/h1,3-5,8,10-11,14H,2,6-7H2. The van der Waals surface area contributed by atoms with E-state index in [-0.39, 0.29) is 0 Å². The normalized spacial score (nSPS) is 32.7. The summed E-state index contributed by atoms with van der Waals surface area (Å²) in [6.07, 6.45) is 7.36. The van der Waals surface area contributed by atoms with Gasteiger partial charge < -0.3 is 5.32 Å². The third kappa shape index (κ3) is 1.86. The predicted octanol–water partition coefficient (Wildman–Crippen LogP) is 3.46. The molecule has 2 aliphatic rings. The van der Waals surface area contributed by atoms with Gasteiger partial charge in [-0.3, -0.25) is 0 Å². The molecular formula is C12H14ClNS. The van der Waals surface area contributed by atoms with E-state index < -0.39 is 0 Å². The first-order chi connectivity index (χ1) is 7.33. The molecule has 0 aromatic carbocycles. The van der Waals surface area contributed by atoms with Crippen molar-refractivity contribution in [2.75, 3.05) is 0 Å². The Kier molecular flexibility index (Phi) is 2.59. The molecule has 3 heteroatoms. The summed E-state index contributed by atoms with van der Waals surface area (Å²) >= 11 is 7.57. The Balaban J connectivity index is 1.53. The number of thiophene rings is 1. The number of halogens is 1. The maximum atomic E-state index is 5.89. The van der Waals surface area contributed by atoms with Gasteiger partial charge >= 0.3 is 0 Å². The molecule has 1 nitrogen and oxygen atoms in total. The zero-order valence-electron chi connectivity index (χ0n) is 8.45. The van der Waals surface area contributed by atoms with Gasteiger partial charge in [0.1, 0.15) is 0 Å². The minimum absolute atomic E-state index is 0.703. The van der Waals surface area contributed by atoms with Crippen LogP contribution in [0.2, 0.25) is 4.34 Å². The molecular weight excluding hydrogens is 226 g/mol. The SMILES string of the molecule is Clc1ccc(CNC2CC3CC=CC32)s1. The summed E-state index contributed by atoms with van der Waals surface area (Å²) < 4.78 is 0.888. The molecule has 1 saturated carbocycles. The van der Waals surface area contributed by atoms with E-state index in [0.717, 1.165) is 22.7 Å². The highest BCUT2D eigenvalue weighted by Gasteiger charge is 2.40. The second-order valence-corrected chi connectivity index (χ2v) is 6.23. The van der Waals surface area contributed by atoms with Crippen LogP contribution in [0.3, 0.4) is 0 Å². The molecule has 15 heavy (non-hydrogen) atoms. The summed E-state index contributed by atoms with van der Waals surface area (Å²) in [4.78, 5) is 1.34. The van der Waals surface area contributed by atoms with Crippen molar-refractivity contribution < 1.29 is 0 Å². The Bertz CT molecular complexity index is 385. The smallest absolute Gasteiger partial charge is 0.0931 e. The lowest BCUT2D eigenvalue weighted by Gasteiger charge is -2.40. The molecule has 2 aliphatic carbocycles. The van der Waals surface area contributed by atoms with E-state index >= 15 is 0 Å². The highest BCUT2D eigenvalue weighted by molar-refractivity contribution is 7.16. The molecule has 0 aliphatic heterocycles. The Morgan fingerprint density at radius 3 is 3.13 bits per heavy atom. The summed E-state index contributed by atoms with van der Waals surface area (Å²) in [6, 6.07) is 4.79. The molecule has 1 fully saturated rings. The fourth-order valence-corrected chi connectivity index (χ4v) is 3.66. The molecule has 0 bridgehead atoms. The van der Waals surface area contributed by atoms with E-state index in [9.17, 15) is 0 Å². The van der Waals surface area contributed by atoms with Crippen LogP contribution in [-0.4, -0.2) is 6.04 Å². The number of fused-ring (bicyclic) bond motifs is 1. The van der Waals surface area contributed by atoms with Crippen molar-refractivity contribution in [3.63, 3.8) is 0 Å². The largest absolute Gasteiger partial charge is 0.308 e. The maximum Gasteiger partial charge on any atom is 0.0931 e. The Hall–Kier alpha value is -0.310. The van der Waals surface area contributed by atoms with Crippen molar-refractivity contribution >= 4 is 22.9 Å². The lowest BCUT2D eigenvalue weighted by molar-refractivity contribution is 0.162. The second kappa shape index (κ2) is 3.93. The van der Waals surface area contributed by atoms with Gasteiger partial charge in [0.2, 0.25) is 0 Å². The van der Waals surface area contributed by atoms with Crippen LogP contribution in [0.5, 0.6) is 0 Å². The topological polar surface area (TPSA) is 12.0 Å². The quantitative estimate of drug-likeness (QED) is 0.797. The van der Waals surface area contributed by atoms with Gasteiger partial charge in [-0.1, -0.05) is 23.8 Å². The summed E-state index contributed by atoms with van der Waals surface area (Å²) in [7, 11) is 0.